The van der Waals surface area contributed by atoms with Crippen LogP contribution in [0.3, 0.4) is 0 Å². The molecule has 0 aliphatic heterocycles. The van der Waals surface area contributed by atoms with Crippen LogP contribution in [-0.2, 0) is 10.0 Å². The zero-order chi connectivity index (χ0) is 9.07. The summed E-state index contributed by atoms with van der Waals surface area (Å²) in [5.74, 6) is 0.527. The van der Waals surface area contributed by atoms with E-state index in [1.54, 1.807) is 0 Å². The first-order chi connectivity index (χ1) is 4.81. The minimum Gasteiger partial charge on any atom is -0.213 e. The quantitative estimate of drug-likeness (QED) is 0.699. The molecule has 0 amide bonds. The highest BCUT2D eigenvalue weighted by Crippen LogP contribution is 2.03. The SMILES string of the molecule is CC(C)CC(C)NS(C)(=O)=O. The number of sulfonamides is 1. The molecule has 68 valence electrons. The maximum atomic E-state index is 10.7. The molecule has 4 heteroatoms. The average molecular weight is 179 g/mol. The molecule has 0 saturated carbocycles. The van der Waals surface area contributed by atoms with Crippen LogP contribution in [0.1, 0.15) is 27.2 Å². The van der Waals surface area contributed by atoms with E-state index < -0.39 is 10.0 Å². The Morgan fingerprint density at radius 1 is 1.27 bits per heavy atom. The summed E-state index contributed by atoms with van der Waals surface area (Å²) in [4.78, 5) is 0. The summed E-state index contributed by atoms with van der Waals surface area (Å²) < 4.78 is 23.9. The van der Waals surface area contributed by atoms with E-state index in [-0.39, 0.29) is 6.04 Å². The molecule has 0 saturated heterocycles. The number of rotatable bonds is 4. The first-order valence-electron chi connectivity index (χ1n) is 3.78. The molecule has 0 aliphatic rings. The van der Waals surface area contributed by atoms with E-state index in [9.17, 15) is 8.42 Å². The molecule has 0 aliphatic carbocycles. The molecule has 0 bridgehead atoms. The lowest BCUT2D eigenvalue weighted by Crippen LogP contribution is -2.32. The van der Waals surface area contributed by atoms with Gasteiger partial charge in [0.1, 0.15) is 0 Å². The number of hydrogen-bond acceptors (Lipinski definition) is 2. The Bertz CT molecular complexity index is 196. The van der Waals surface area contributed by atoms with E-state index in [1.807, 2.05) is 6.92 Å². The van der Waals surface area contributed by atoms with Crippen LogP contribution in [0.4, 0.5) is 0 Å². The summed E-state index contributed by atoms with van der Waals surface area (Å²) in [5.41, 5.74) is 0. The average Bonchev–Trinajstić information content (AvgIpc) is 1.53. The molecule has 0 aromatic heterocycles. The van der Waals surface area contributed by atoms with E-state index in [2.05, 4.69) is 18.6 Å². The molecule has 0 rings (SSSR count). The third-order valence-corrected chi connectivity index (χ3v) is 2.07. The van der Waals surface area contributed by atoms with Gasteiger partial charge in [0, 0.05) is 6.04 Å². The van der Waals surface area contributed by atoms with Gasteiger partial charge in [0.25, 0.3) is 0 Å². The fourth-order valence-corrected chi connectivity index (χ4v) is 1.95. The van der Waals surface area contributed by atoms with Crippen LogP contribution in [0, 0.1) is 5.92 Å². The first-order valence-corrected chi connectivity index (χ1v) is 5.67. The van der Waals surface area contributed by atoms with Crippen molar-refractivity contribution in [1.29, 1.82) is 0 Å². The van der Waals surface area contributed by atoms with Crippen LogP contribution in [0.15, 0.2) is 0 Å². The second-order valence-electron chi connectivity index (χ2n) is 3.42. The van der Waals surface area contributed by atoms with Gasteiger partial charge in [-0.05, 0) is 19.3 Å². The molecule has 1 atom stereocenters. The van der Waals surface area contributed by atoms with Gasteiger partial charge in [-0.3, -0.25) is 0 Å². The highest BCUT2D eigenvalue weighted by molar-refractivity contribution is 7.88. The summed E-state index contributed by atoms with van der Waals surface area (Å²) in [7, 11) is -3.02. The predicted octanol–water partition coefficient (Wildman–Crippen LogP) is 0.970. The zero-order valence-corrected chi connectivity index (χ0v) is 8.40. The third-order valence-electron chi connectivity index (χ3n) is 1.24. The summed E-state index contributed by atoms with van der Waals surface area (Å²) >= 11 is 0. The van der Waals surface area contributed by atoms with Crippen molar-refractivity contribution >= 4 is 10.0 Å². The summed E-state index contributed by atoms with van der Waals surface area (Å²) in [6.45, 7) is 6.02. The van der Waals surface area contributed by atoms with Crippen molar-refractivity contribution in [3.63, 3.8) is 0 Å². The Morgan fingerprint density at radius 2 is 1.73 bits per heavy atom. The fourth-order valence-electron chi connectivity index (χ4n) is 1.12. The van der Waals surface area contributed by atoms with Gasteiger partial charge in [-0.25, -0.2) is 13.1 Å². The van der Waals surface area contributed by atoms with Gasteiger partial charge in [-0.2, -0.15) is 0 Å². The zero-order valence-electron chi connectivity index (χ0n) is 7.59. The molecule has 1 unspecified atom stereocenters. The van der Waals surface area contributed by atoms with Gasteiger partial charge in [0.15, 0.2) is 0 Å². The van der Waals surface area contributed by atoms with Gasteiger partial charge in [0.05, 0.1) is 6.26 Å². The van der Waals surface area contributed by atoms with Crippen molar-refractivity contribution < 1.29 is 8.42 Å². The molecule has 0 aromatic rings. The van der Waals surface area contributed by atoms with Crippen molar-refractivity contribution in [3.8, 4) is 0 Å². The van der Waals surface area contributed by atoms with E-state index in [0.29, 0.717) is 5.92 Å². The molecule has 0 spiro atoms. The highest BCUT2D eigenvalue weighted by atomic mass is 32.2. The smallest absolute Gasteiger partial charge is 0.208 e. The van der Waals surface area contributed by atoms with E-state index in [4.69, 9.17) is 0 Å². The minimum absolute atomic E-state index is 0.0463. The molecule has 0 radical (unpaired) electrons. The lowest BCUT2D eigenvalue weighted by Gasteiger charge is -2.13. The molecule has 3 nitrogen and oxygen atoms in total. The van der Waals surface area contributed by atoms with Gasteiger partial charge in [-0.1, -0.05) is 13.8 Å². The lowest BCUT2D eigenvalue weighted by atomic mass is 10.1. The molecular weight excluding hydrogens is 162 g/mol. The first kappa shape index (κ1) is 10.9. The van der Waals surface area contributed by atoms with Crippen molar-refractivity contribution in [2.45, 2.75) is 33.2 Å². The van der Waals surface area contributed by atoms with Crippen LogP contribution in [-0.4, -0.2) is 20.7 Å². The maximum absolute atomic E-state index is 10.7. The van der Waals surface area contributed by atoms with Crippen LogP contribution < -0.4 is 4.72 Å². The van der Waals surface area contributed by atoms with E-state index in [0.717, 1.165) is 6.42 Å². The topological polar surface area (TPSA) is 46.2 Å². The molecule has 1 N–H and O–H groups in total. The van der Waals surface area contributed by atoms with Crippen LogP contribution >= 0.6 is 0 Å². The predicted molar refractivity (Wildman–Crippen MR) is 46.9 cm³/mol. The summed E-state index contributed by atoms with van der Waals surface area (Å²) in [6, 6.07) is 0.0463. The van der Waals surface area contributed by atoms with Gasteiger partial charge in [0.2, 0.25) is 10.0 Å². The monoisotopic (exact) mass is 179 g/mol. The largest absolute Gasteiger partial charge is 0.213 e. The Balaban J connectivity index is 3.80. The van der Waals surface area contributed by atoms with Crippen molar-refractivity contribution in [3.05, 3.63) is 0 Å². The second-order valence-corrected chi connectivity index (χ2v) is 5.20. The Hall–Kier alpha value is -0.0900. The Labute approximate surface area is 69.2 Å². The normalized spacial score (nSPS) is 15.4. The number of nitrogens with one attached hydrogen (secondary N) is 1. The van der Waals surface area contributed by atoms with Gasteiger partial charge in [-0.15, -0.1) is 0 Å². The summed E-state index contributed by atoms with van der Waals surface area (Å²) in [6.07, 6.45) is 2.07. The molecular formula is C7H17NO2S. The standard InChI is InChI=1S/C7H17NO2S/c1-6(2)5-7(3)8-11(4,9)10/h6-8H,5H2,1-4H3. The van der Waals surface area contributed by atoms with Crippen LogP contribution in [0.25, 0.3) is 0 Å². The van der Waals surface area contributed by atoms with E-state index >= 15 is 0 Å². The third kappa shape index (κ3) is 7.81. The highest BCUT2D eigenvalue weighted by Gasteiger charge is 2.09. The molecule has 0 aromatic carbocycles. The number of hydrogen-bond donors (Lipinski definition) is 1. The lowest BCUT2D eigenvalue weighted by molar-refractivity contribution is 0.484. The second kappa shape index (κ2) is 4.07. The van der Waals surface area contributed by atoms with E-state index in [1.165, 1.54) is 6.26 Å². The van der Waals surface area contributed by atoms with Gasteiger partial charge < -0.3 is 0 Å². The minimum atomic E-state index is -3.02. The summed E-state index contributed by atoms with van der Waals surface area (Å²) in [5, 5.41) is 0. The molecule has 11 heavy (non-hydrogen) atoms. The Morgan fingerprint density at radius 3 is 2.00 bits per heavy atom. The maximum Gasteiger partial charge on any atom is 0.208 e. The molecule has 0 fully saturated rings. The van der Waals surface area contributed by atoms with Gasteiger partial charge >= 0.3 is 0 Å². The fraction of sp³-hybridized carbons (Fsp3) is 1.00. The van der Waals surface area contributed by atoms with Crippen molar-refractivity contribution in [2.75, 3.05) is 6.26 Å². The Kier molecular flexibility index (Phi) is 4.03. The van der Waals surface area contributed by atoms with Crippen molar-refractivity contribution in [1.82, 2.24) is 4.72 Å². The molecule has 0 heterocycles. The van der Waals surface area contributed by atoms with Crippen LogP contribution in [0.5, 0.6) is 0 Å². The van der Waals surface area contributed by atoms with Crippen molar-refractivity contribution in [2.24, 2.45) is 5.92 Å². The van der Waals surface area contributed by atoms with Crippen LogP contribution in [0.2, 0.25) is 0 Å².